The van der Waals surface area contributed by atoms with E-state index in [4.69, 9.17) is 0 Å². The molecule has 3 heteroatoms. The van der Waals surface area contributed by atoms with Crippen molar-refractivity contribution >= 4 is 0 Å². The zero-order valence-corrected chi connectivity index (χ0v) is 11.0. The van der Waals surface area contributed by atoms with E-state index in [-0.39, 0.29) is 18.0 Å². The molecule has 1 fully saturated rings. The van der Waals surface area contributed by atoms with Crippen molar-refractivity contribution in [2.45, 2.75) is 50.6 Å². The second-order valence-electron chi connectivity index (χ2n) is 5.52. The molecule has 0 aliphatic heterocycles. The summed E-state index contributed by atoms with van der Waals surface area (Å²) in [6.07, 6.45) is 5.35. The Morgan fingerprint density at radius 3 is 2.44 bits per heavy atom. The number of benzene rings is 1. The molecule has 0 aromatic heterocycles. The van der Waals surface area contributed by atoms with Crippen LogP contribution in [0.5, 0.6) is 0 Å². The average Bonchev–Trinajstić information content (AvgIpc) is 2.81. The minimum absolute atomic E-state index is 0.0839. The molecule has 1 saturated carbocycles. The zero-order chi connectivity index (χ0) is 13.0. The predicted molar refractivity (Wildman–Crippen MR) is 71.0 cm³/mol. The Labute approximate surface area is 108 Å². The molecule has 18 heavy (non-hydrogen) atoms. The predicted octanol–water partition coefficient (Wildman–Crippen LogP) is 2.65. The van der Waals surface area contributed by atoms with Crippen LogP contribution in [0.15, 0.2) is 24.3 Å². The summed E-state index contributed by atoms with van der Waals surface area (Å²) in [5.41, 5.74) is 1.04. The van der Waals surface area contributed by atoms with E-state index >= 15 is 0 Å². The number of rotatable bonds is 5. The van der Waals surface area contributed by atoms with E-state index in [0.29, 0.717) is 6.04 Å². The first kappa shape index (κ1) is 13.5. The largest absolute Gasteiger partial charge is 0.394 e. The fraction of sp³-hybridized carbons (Fsp3) is 0.600. The molecule has 2 N–H and O–H groups in total. The van der Waals surface area contributed by atoms with Crippen LogP contribution in [0.1, 0.15) is 38.2 Å². The van der Waals surface area contributed by atoms with Crippen molar-refractivity contribution in [3.8, 4) is 0 Å². The second-order valence-corrected chi connectivity index (χ2v) is 5.52. The Morgan fingerprint density at radius 2 is 1.89 bits per heavy atom. The van der Waals surface area contributed by atoms with Gasteiger partial charge in [-0.25, -0.2) is 4.39 Å². The molecule has 2 rings (SSSR count). The lowest BCUT2D eigenvalue weighted by Crippen LogP contribution is -2.50. The van der Waals surface area contributed by atoms with Gasteiger partial charge < -0.3 is 10.4 Å². The van der Waals surface area contributed by atoms with E-state index in [0.717, 1.165) is 24.8 Å². The van der Waals surface area contributed by atoms with Crippen LogP contribution in [-0.2, 0) is 6.42 Å². The molecule has 1 unspecified atom stereocenters. The summed E-state index contributed by atoms with van der Waals surface area (Å²) in [7, 11) is 0. The van der Waals surface area contributed by atoms with Gasteiger partial charge >= 0.3 is 0 Å². The van der Waals surface area contributed by atoms with Gasteiger partial charge in [-0.05, 0) is 43.9 Å². The number of hydrogen-bond acceptors (Lipinski definition) is 2. The highest BCUT2D eigenvalue weighted by Gasteiger charge is 2.33. The summed E-state index contributed by atoms with van der Waals surface area (Å²) < 4.78 is 12.8. The Morgan fingerprint density at radius 1 is 1.28 bits per heavy atom. The first-order valence-electron chi connectivity index (χ1n) is 6.77. The van der Waals surface area contributed by atoms with Gasteiger partial charge in [-0.15, -0.1) is 0 Å². The molecule has 0 saturated heterocycles. The van der Waals surface area contributed by atoms with Gasteiger partial charge in [0.25, 0.3) is 0 Å². The van der Waals surface area contributed by atoms with Gasteiger partial charge in [-0.1, -0.05) is 25.0 Å². The fourth-order valence-corrected chi connectivity index (χ4v) is 2.95. The Balaban J connectivity index is 1.91. The third-order valence-corrected chi connectivity index (χ3v) is 3.87. The number of aliphatic hydroxyl groups is 1. The summed E-state index contributed by atoms with van der Waals surface area (Å²) in [5, 5.41) is 13.1. The van der Waals surface area contributed by atoms with Gasteiger partial charge in [0, 0.05) is 11.6 Å². The summed E-state index contributed by atoms with van der Waals surface area (Å²) in [6, 6.07) is 6.95. The van der Waals surface area contributed by atoms with Crippen LogP contribution in [0.3, 0.4) is 0 Å². The molecule has 100 valence electrons. The third-order valence-electron chi connectivity index (χ3n) is 3.87. The number of halogens is 1. The van der Waals surface area contributed by atoms with Crippen molar-refractivity contribution in [3.63, 3.8) is 0 Å². The molecule has 1 aromatic rings. The first-order valence-corrected chi connectivity index (χ1v) is 6.77. The van der Waals surface area contributed by atoms with Crippen LogP contribution in [-0.4, -0.2) is 23.3 Å². The molecule has 2 nitrogen and oxygen atoms in total. The Kier molecular flexibility index (Phi) is 4.36. The van der Waals surface area contributed by atoms with Crippen LogP contribution in [0, 0.1) is 5.82 Å². The van der Waals surface area contributed by atoms with Crippen LogP contribution in [0.25, 0.3) is 0 Å². The monoisotopic (exact) mass is 251 g/mol. The molecular weight excluding hydrogens is 229 g/mol. The highest BCUT2D eigenvalue weighted by Crippen LogP contribution is 2.29. The Bertz CT molecular complexity index is 371. The van der Waals surface area contributed by atoms with Gasteiger partial charge in [0.15, 0.2) is 0 Å². The van der Waals surface area contributed by atoms with E-state index in [1.165, 1.54) is 25.0 Å². The van der Waals surface area contributed by atoms with Crippen molar-refractivity contribution in [2.24, 2.45) is 0 Å². The van der Waals surface area contributed by atoms with Gasteiger partial charge in [0.2, 0.25) is 0 Å². The molecular formula is C15H22FNO. The van der Waals surface area contributed by atoms with Gasteiger partial charge in [-0.2, -0.15) is 0 Å². The van der Waals surface area contributed by atoms with Crippen LogP contribution < -0.4 is 5.32 Å². The highest BCUT2D eigenvalue weighted by atomic mass is 19.1. The number of aliphatic hydroxyl groups excluding tert-OH is 1. The van der Waals surface area contributed by atoms with Crippen molar-refractivity contribution in [3.05, 3.63) is 35.6 Å². The molecule has 1 atom stereocenters. The zero-order valence-electron chi connectivity index (χ0n) is 11.0. The van der Waals surface area contributed by atoms with Crippen LogP contribution >= 0.6 is 0 Å². The maximum absolute atomic E-state index is 12.8. The topological polar surface area (TPSA) is 32.3 Å². The highest BCUT2D eigenvalue weighted by molar-refractivity contribution is 5.17. The van der Waals surface area contributed by atoms with Crippen molar-refractivity contribution in [1.29, 1.82) is 0 Å². The fourth-order valence-electron chi connectivity index (χ4n) is 2.95. The average molecular weight is 251 g/mol. The lowest BCUT2D eigenvalue weighted by atomic mass is 9.96. The number of hydrogen-bond donors (Lipinski definition) is 2. The van der Waals surface area contributed by atoms with E-state index in [2.05, 4.69) is 12.2 Å². The van der Waals surface area contributed by atoms with Crippen molar-refractivity contribution in [1.82, 2.24) is 5.32 Å². The van der Waals surface area contributed by atoms with E-state index in [1.807, 2.05) is 12.1 Å². The third kappa shape index (κ3) is 3.30. The van der Waals surface area contributed by atoms with Gasteiger partial charge in [0.1, 0.15) is 5.82 Å². The summed E-state index contributed by atoms with van der Waals surface area (Å²) in [5.74, 6) is -0.193. The normalized spacial score (nSPS) is 19.9. The molecule has 1 aliphatic carbocycles. The smallest absolute Gasteiger partial charge is 0.123 e. The van der Waals surface area contributed by atoms with Crippen LogP contribution in [0.4, 0.5) is 4.39 Å². The summed E-state index contributed by atoms with van der Waals surface area (Å²) in [6.45, 7) is 2.33. The molecule has 0 heterocycles. The van der Waals surface area contributed by atoms with Crippen molar-refractivity contribution in [2.75, 3.05) is 6.61 Å². The van der Waals surface area contributed by atoms with E-state index in [9.17, 15) is 9.50 Å². The number of nitrogens with one attached hydrogen (secondary N) is 1. The minimum atomic E-state index is -0.193. The molecule has 0 bridgehead atoms. The van der Waals surface area contributed by atoms with Gasteiger partial charge in [0.05, 0.1) is 6.61 Å². The van der Waals surface area contributed by atoms with Crippen LogP contribution in [0.2, 0.25) is 0 Å². The Hall–Kier alpha value is -0.930. The first-order chi connectivity index (χ1) is 8.63. The molecule has 1 aromatic carbocycles. The maximum Gasteiger partial charge on any atom is 0.123 e. The summed E-state index contributed by atoms with van der Waals surface area (Å²) in [4.78, 5) is 0. The van der Waals surface area contributed by atoms with E-state index < -0.39 is 0 Å². The molecule has 0 spiro atoms. The SMILES string of the molecule is CC(Cc1ccc(F)cc1)NC1(CO)CCCC1. The quantitative estimate of drug-likeness (QED) is 0.843. The lowest BCUT2D eigenvalue weighted by molar-refractivity contribution is 0.153. The minimum Gasteiger partial charge on any atom is -0.394 e. The maximum atomic E-state index is 12.8. The molecule has 0 radical (unpaired) electrons. The van der Waals surface area contributed by atoms with E-state index in [1.54, 1.807) is 0 Å². The standard InChI is InChI=1S/C15H22FNO/c1-12(10-13-4-6-14(16)7-5-13)17-15(11-18)8-2-3-9-15/h4-7,12,17-18H,2-3,8-11H2,1H3. The second kappa shape index (κ2) is 5.81. The van der Waals surface area contributed by atoms with Gasteiger partial charge in [-0.3, -0.25) is 0 Å². The van der Waals surface area contributed by atoms with Crippen molar-refractivity contribution < 1.29 is 9.50 Å². The summed E-state index contributed by atoms with van der Waals surface area (Å²) >= 11 is 0. The lowest BCUT2D eigenvalue weighted by Gasteiger charge is -2.32. The molecule has 0 amide bonds. The molecule has 1 aliphatic rings.